The van der Waals surface area contributed by atoms with Crippen LogP contribution in [-0.4, -0.2) is 23.3 Å². The van der Waals surface area contributed by atoms with Gasteiger partial charge in [-0.15, -0.1) is 13.2 Å². The first-order valence-corrected chi connectivity index (χ1v) is 7.12. The molecule has 1 aromatic rings. The summed E-state index contributed by atoms with van der Waals surface area (Å²) < 4.78 is 40.2. The fraction of sp³-hybridized carbons (Fsp3) is 0.600. The first kappa shape index (κ1) is 13.7. The third-order valence-electron chi connectivity index (χ3n) is 4.37. The van der Waals surface area contributed by atoms with Crippen LogP contribution in [0.25, 0.3) is 0 Å². The van der Waals surface area contributed by atoms with Crippen molar-refractivity contribution in [3.05, 3.63) is 29.8 Å². The Morgan fingerprint density at radius 1 is 1.00 bits per heavy atom. The van der Waals surface area contributed by atoms with Crippen molar-refractivity contribution in [2.24, 2.45) is 0 Å². The van der Waals surface area contributed by atoms with Crippen LogP contribution in [0, 0.1) is 0 Å². The van der Waals surface area contributed by atoms with Crippen LogP contribution in [0.1, 0.15) is 37.7 Å². The van der Waals surface area contributed by atoms with E-state index in [9.17, 15) is 13.2 Å². The van der Waals surface area contributed by atoms with Gasteiger partial charge in [0.1, 0.15) is 5.75 Å². The Kier molecular flexibility index (Phi) is 3.63. The quantitative estimate of drug-likeness (QED) is 0.829. The number of ether oxygens (including phenoxy) is 1. The van der Waals surface area contributed by atoms with Gasteiger partial charge < -0.3 is 4.74 Å². The van der Waals surface area contributed by atoms with Crippen molar-refractivity contribution < 1.29 is 17.9 Å². The van der Waals surface area contributed by atoms with E-state index in [1.54, 1.807) is 12.1 Å². The number of halogens is 3. The van der Waals surface area contributed by atoms with Gasteiger partial charge in [0.05, 0.1) is 0 Å². The summed E-state index contributed by atoms with van der Waals surface area (Å²) in [5, 5.41) is 0. The zero-order chi connectivity index (χ0) is 14.2. The summed E-state index contributed by atoms with van der Waals surface area (Å²) in [6.07, 6.45) is 1.73. The molecule has 20 heavy (non-hydrogen) atoms. The molecule has 0 aliphatic carbocycles. The minimum absolute atomic E-state index is 0.150. The van der Waals surface area contributed by atoms with Crippen molar-refractivity contribution in [1.29, 1.82) is 0 Å². The molecule has 2 heterocycles. The molecule has 0 unspecified atom stereocenters. The van der Waals surface area contributed by atoms with Gasteiger partial charge >= 0.3 is 6.36 Å². The van der Waals surface area contributed by atoms with Crippen LogP contribution in [0.2, 0.25) is 0 Å². The van der Waals surface area contributed by atoms with Gasteiger partial charge in [-0.25, -0.2) is 0 Å². The van der Waals surface area contributed by atoms with E-state index < -0.39 is 6.36 Å². The van der Waals surface area contributed by atoms with E-state index >= 15 is 0 Å². The van der Waals surface area contributed by atoms with E-state index in [0.717, 1.165) is 12.1 Å². The van der Waals surface area contributed by atoms with E-state index in [2.05, 4.69) is 9.64 Å². The van der Waals surface area contributed by atoms with Crippen LogP contribution in [0.5, 0.6) is 5.75 Å². The highest BCUT2D eigenvalue weighted by Crippen LogP contribution is 2.36. The predicted molar refractivity (Wildman–Crippen MR) is 69.3 cm³/mol. The summed E-state index contributed by atoms with van der Waals surface area (Å²) in [7, 11) is 0. The average molecular weight is 285 g/mol. The lowest BCUT2D eigenvalue weighted by atomic mass is 10.0. The first-order valence-electron chi connectivity index (χ1n) is 7.12. The molecule has 0 radical (unpaired) electrons. The van der Waals surface area contributed by atoms with Crippen LogP contribution in [0.3, 0.4) is 0 Å². The normalized spacial score (nSPS) is 26.8. The highest BCUT2D eigenvalue weighted by atomic mass is 19.4. The first-order chi connectivity index (χ1) is 9.51. The lowest BCUT2D eigenvalue weighted by Gasteiger charge is -2.34. The molecule has 2 fully saturated rings. The van der Waals surface area contributed by atoms with Crippen molar-refractivity contribution in [2.45, 2.75) is 57.1 Å². The average Bonchev–Trinajstić information content (AvgIpc) is 2.61. The van der Waals surface area contributed by atoms with Gasteiger partial charge in [0.15, 0.2) is 0 Å². The zero-order valence-electron chi connectivity index (χ0n) is 11.2. The standard InChI is InChI=1S/C15H18F3NO/c16-15(17,18)20-14-8-4-11(5-9-14)10-19-12-2-1-3-13(19)7-6-12/h4-5,8-9,12-13H,1-3,6-7,10H2/t12-,13+. The van der Waals surface area contributed by atoms with Gasteiger partial charge in [0.2, 0.25) is 0 Å². The molecule has 2 atom stereocenters. The summed E-state index contributed by atoms with van der Waals surface area (Å²) in [5.74, 6) is -0.150. The van der Waals surface area contributed by atoms with Gasteiger partial charge in [-0.2, -0.15) is 0 Å². The van der Waals surface area contributed by atoms with E-state index in [0.29, 0.717) is 12.1 Å². The number of piperidine rings is 1. The molecule has 2 bridgehead atoms. The van der Waals surface area contributed by atoms with Crippen molar-refractivity contribution in [1.82, 2.24) is 4.90 Å². The maximum absolute atomic E-state index is 12.1. The largest absolute Gasteiger partial charge is 0.573 e. The Morgan fingerprint density at radius 3 is 2.15 bits per heavy atom. The Hall–Kier alpha value is -1.23. The topological polar surface area (TPSA) is 12.5 Å². The van der Waals surface area contributed by atoms with Crippen molar-refractivity contribution >= 4 is 0 Å². The maximum Gasteiger partial charge on any atom is 0.573 e. The fourth-order valence-corrected chi connectivity index (χ4v) is 3.49. The Labute approximate surface area is 116 Å². The Bertz CT molecular complexity index is 441. The number of benzene rings is 1. The number of hydrogen-bond donors (Lipinski definition) is 0. The minimum atomic E-state index is -4.62. The molecular formula is C15H18F3NO. The highest BCUT2D eigenvalue weighted by Gasteiger charge is 2.36. The molecule has 0 aromatic heterocycles. The van der Waals surface area contributed by atoms with Gasteiger partial charge in [-0.05, 0) is 43.4 Å². The van der Waals surface area contributed by atoms with E-state index in [-0.39, 0.29) is 5.75 Å². The maximum atomic E-state index is 12.1. The van der Waals surface area contributed by atoms with E-state index in [1.165, 1.54) is 44.2 Å². The van der Waals surface area contributed by atoms with Crippen LogP contribution < -0.4 is 4.74 Å². The summed E-state index contributed by atoms with van der Waals surface area (Å²) in [5.41, 5.74) is 1.05. The summed E-state index contributed by atoms with van der Waals surface area (Å²) >= 11 is 0. The van der Waals surface area contributed by atoms with Gasteiger partial charge in [0.25, 0.3) is 0 Å². The van der Waals surface area contributed by atoms with Crippen LogP contribution in [0.4, 0.5) is 13.2 Å². The molecule has 0 spiro atoms. The Morgan fingerprint density at radius 2 is 1.60 bits per heavy atom. The molecule has 0 amide bonds. The van der Waals surface area contributed by atoms with Gasteiger partial charge in [-0.3, -0.25) is 4.90 Å². The van der Waals surface area contributed by atoms with Crippen molar-refractivity contribution in [3.8, 4) is 5.75 Å². The summed E-state index contributed by atoms with van der Waals surface area (Å²) in [4.78, 5) is 2.52. The van der Waals surface area contributed by atoms with Gasteiger partial charge in [0, 0.05) is 18.6 Å². The molecule has 0 N–H and O–H groups in total. The molecule has 2 aliphatic heterocycles. The molecule has 0 saturated carbocycles. The Balaban J connectivity index is 1.64. The minimum Gasteiger partial charge on any atom is -0.406 e. The van der Waals surface area contributed by atoms with E-state index in [4.69, 9.17) is 0 Å². The number of fused-ring (bicyclic) bond motifs is 2. The lowest BCUT2D eigenvalue weighted by molar-refractivity contribution is -0.274. The summed E-state index contributed by atoms with van der Waals surface area (Å²) in [6.45, 7) is 0.835. The fourth-order valence-electron chi connectivity index (χ4n) is 3.49. The second kappa shape index (κ2) is 5.28. The summed E-state index contributed by atoms with van der Waals surface area (Å²) in [6, 6.07) is 7.59. The third-order valence-corrected chi connectivity index (χ3v) is 4.37. The SMILES string of the molecule is FC(F)(F)Oc1ccc(CN2[C@@H]3CCC[C@H]2CC3)cc1. The van der Waals surface area contributed by atoms with E-state index in [1.807, 2.05) is 0 Å². The van der Waals surface area contributed by atoms with Crippen LogP contribution in [0.15, 0.2) is 24.3 Å². The number of rotatable bonds is 3. The smallest absolute Gasteiger partial charge is 0.406 e. The van der Waals surface area contributed by atoms with Crippen LogP contribution in [-0.2, 0) is 6.54 Å². The molecule has 5 heteroatoms. The second-order valence-electron chi connectivity index (χ2n) is 5.68. The number of hydrogen-bond acceptors (Lipinski definition) is 2. The van der Waals surface area contributed by atoms with Crippen molar-refractivity contribution in [2.75, 3.05) is 0 Å². The molecular weight excluding hydrogens is 267 g/mol. The molecule has 2 aliphatic rings. The predicted octanol–water partition coefficient (Wildman–Crippen LogP) is 4.10. The van der Waals surface area contributed by atoms with Crippen LogP contribution >= 0.6 is 0 Å². The lowest BCUT2D eigenvalue weighted by Crippen LogP contribution is -2.38. The molecule has 1 aromatic carbocycles. The second-order valence-corrected chi connectivity index (χ2v) is 5.68. The molecule has 3 rings (SSSR count). The van der Waals surface area contributed by atoms with Gasteiger partial charge in [-0.1, -0.05) is 18.6 Å². The molecule has 2 saturated heterocycles. The highest BCUT2D eigenvalue weighted by molar-refractivity contribution is 5.27. The van der Waals surface area contributed by atoms with Crippen molar-refractivity contribution in [3.63, 3.8) is 0 Å². The number of alkyl halides is 3. The number of nitrogens with zero attached hydrogens (tertiary/aromatic N) is 1. The zero-order valence-corrected chi connectivity index (χ0v) is 11.2. The molecule has 110 valence electrons. The third kappa shape index (κ3) is 3.08. The molecule has 2 nitrogen and oxygen atoms in total. The monoisotopic (exact) mass is 285 g/mol.